The molecule has 0 N–H and O–H groups in total. The van der Waals surface area contributed by atoms with Crippen LogP contribution in [0.25, 0.3) is 0 Å². The average molecular weight is 312 g/mol. The lowest BCUT2D eigenvalue weighted by atomic mass is 9.86. The van der Waals surface area contributed by atoms with Crippen molar-refractivity contribution in [1.29, 1.82) is 0 Å². The summed E-state index contributed by atoms with van der Waals surface area (Å²) in [5.41, 5.74) is 0.201. The van der Waals surface area contributed by atoms with Crippen molar-refractivity contribution in [2.75, 3.05) is 24.8 Å². The predicted molar refractivity (Wildman–Crippen MR) is 67.1 cm³/mol. The lowest BCUT2D eigenvalue weighted by molar-refractivity contribution is -0.0552. The molecule has 0 aromatic carbocycles. The van der Waals surface area contributed by atoms with E-state index in [2.05, 4.69) is 22.6 Å². The van der Waals surface area contributed by atoms with E-state index in [0.29, 0.717) is 0 Å². The van der Waals surface area contributed by atoms with Gasteiger partial charge in [0.15, 0.2) is 0 Å². The molecule has 0 radical (unpaired) electrons. The highest BCUT2D eigenvalue weighted by Crippen LogP contribution is 2.33. The first kappa shape index (κ1) is 12.7. The standard InChI is InChI=1S/C11H21IO2/c1-13-8-5-9-14-11(10-12)6-3-2-4-7-11/h2-10H2,1H3. The van der Waals surface area contributed by atoms with Gasteiger partial charge < -0.3 is 9.47 Å². The van der Waals surface area contributed by atoms with Crippen molar-refractivity contribution in [3.8, 4) is 0 Å². The lowest BCUT2D eigenvalue weighted by Gasteiger charge is -2.35. The zero-order chi connectivity index (χ0) is 10.3. The molecule has 2 nitrogen and oxygen atoms in total. The molecule has 1 fully saturated rings. The maximum atomic E-state index is 6.03. The molecule has 1 rings (SSSR count). The molecule has 0 aromatic rings. The molecule has 14 heavy (non-hydrogen) atoms. The fourth-order valence-electron chi connectivity index (χ4n) is 2.00. The zero-order valence-electron chi connectivity index (χ0n) is 9.06. The second-order valence-electron chi connectivity index (χ2n) is 4.07. The molecule has 0 aliphatic heterocycles. The molecule has 84 valence electrons. The van der Waals surface area contributed by atoms with Gasteiger partial charge in [0.25, 0.3) is 0 Å². The Morgan fingerprint density at radius 2 is 1.86 bits per heavy atom. The summed E-state index contributed by atoms with van der Waals surface area (Å²) >= 11 is 2.46. The molecule has 0 atom stereocenters. The van der Waals surface area contributed by atoms with Gasteiger partial charge in [-0.05, 0) is 19.3 Å². The lowest BCUT2D eigenvalue weighted by Crippen LogP contribution is -2.37. The van der Waals surface area contributed by atoms with Crippen LogP contribution in [0, 0.1) is 0 Å². The van der Waals surface area contributed by atoms with Crippen LogP contribution in [0.1, 0.15) is 38.5 Å². The predicted octanol–water partition coefficient (Wildman–Crippen LogP) is 3.18. The molecule has 0 unspecified atom stereocenters. The second kappa shape index (κ2) is 7.01. The van der Waals surface area contributed by atoms with Crippen molar-refractivity contribution in [3.63, 3.8) is 0 Å². The SMILES string of the molecule is COCCCOC1(CI)CCCCC1. The van der Waals surface area contributed by atoms with Crippen molar-refractivity contribution >= 4 is 22.6 Å². The molecule has 0 bridgehead atoms. The molecular weight excluding hydrogens is 291 g/mol. The molecule has 0 heterocycles. The summed E-state index contributed by atoms with van der Waals surface area (Å²) < 4.78 is 12.2. The van der Waals surface area contributed by atoms with Crippen LogP contribution in [-0.4, -0.2) is 30.4 Å². The topological polar surface area (TPSA) is 18.5 Å². The molecule has 3 heteroatoms. The third kappa shape index (κ3) is 4.03. The molecular formula is C11H21IO2. The van der Waals surface area contributed by atoms with Gasteiger partial charge in [-0.2, -0.15) is 0 Å². The Morgan fingerprint density at radius 3 is 2.43 bits per heavy atom. The van der Waals surface area contributed by atoms with E-state index in [9.17, 15) is 0 Å². The van der Waals surface area contributed by atoms with Gasteiger partial charge in [0.1, 0.15) is 0 Å². The Bertz CT molecular complexity index is 144. The van der Waals surface area contributed by atoms with Crippen LogP contribution in [0.5, 0.6) is 0 Å². The summed E-state index contributed by atoms with van der Waals surface area (Å²) in [6, 6.07) is 0. The van der Waals surface area contributed by atoms with E-state index in [1.54, 1.807) is 7.11 Å². The monoisotopic (exact) mass is 312 g/mol. The Morgan fingerprint density at radius 1 is 1.14 bits per heavy atom. The van der Waals surface area contributed by atoms with Gasteiger partial charge in [0.05, 0.1) is 5.60 Å². The first-order chi connectivity index (χ1) is 6.83. The summed E-state index contributed by atoms with van der Waals surface area (Å²) in [6.07, 6.45) is 7.60. The summed E-state index contributed by atoms with van der Waals surface area (Å²) in [5, 5.41) is 0. The van der Waals surface area contributed by atoms with Crippen molar-refractivity contribution in [1.82, 2.24) is 0 Å². The van der Waals surface area contributed by atoms with Gasteiger partial charge in [-0.15, -0.1) is 0 Å². The number of alkyl halides is 1. The molecule has 1 aliphatic carbocycles. The van der Waals surface area contributed by atoms with E-state index in [-0.39, 0.29) is 5.60 Å². The fourth-order valence-corrected chi connectivity index (χ4v) is 2.99. The third-order valence-corrected chi connectivity index (χ3v) is 4.30. The maximum Gasteiger partial charge on any atom is 0.0771 e. The van der Waals surface area contributed by atoms with E-state index in [0.717, 1.165) is 24.1 Å². The highest BCUT2D eigenvalue weighted by Gasteiger charge is 2.31. The quantitative estimate of drug-likeness (QED) is 0.426. The molecule has 1 aliphatic rings. The summed E-state index contributed by atoms with van der Waals surface area (Å²) in [5.74, 6) is 0. The van der Waals surface area contributed by atoms with E-state index in [1.165, 1.54) is 32.1 Å². The van der Waals surface area contributed by atoms with Crippen molar-refractivity contribution in [2.24, 2.45) is 0 Å². The maximum absolute atomic E-state index is 6.03. The van der Waals surface area contributed by atoms with Crippen molar-refractivity contribution < 1.29 is 9.47 Å². The fraction of sp³-hybridized carbons (Fsp3) is 1.00. The van der Waals surface area contributed by atoms with E-state index < -0.39 is 0 Å². The highest BCUT2D eigenvalue weighted by atomic mass is 127. The Labute approximate surface area is 101 Å². The third-order valence-electron chi connectivity index (χ3n) is 2.91. The van der Waals surface area contributed by atoms with E-state index >= 15 is 0 Å². The van der Waals surface area contributed by atoms with E-state index in [1.807, 2.05) is 0 Å². The van der Waals surface area contributed by atoms with Crippen LogP contribution in [0.15, 0.2) is 0 Å². The summed E-state index contributed by atoms with van der Waals surface area (Å²) in [7, 11) is 1.74. The molecule has 0 spiro atoms. The Hall–Kier alpha value is 0.650. The Balaban J connectivity index is 2.22. The van der Waals surface area contributed by atoms with Crippen LogP contribution in [0.4, 0.5) is 0 Å². The molecule has 0 aromatic heterocycles. The second-order valence-corrected chi connectivity index (χ2v) is 4.83. The first-order valence-corrected chi connectivity index (χ1v) is 7.04. The van der Waals surface area contributed by atoms with Crippen LogP contribution >= 0.6 is 22.6 Å². The smallest absolute Gasteiger partial charge is 0.0771 e. The van der Waals surface area contributed by atoms with Crippen molar-refractivity contribution in [2.45, 2.75) is 44.1 Å². The minimum Gasteiger partial charge on any atom is -0.385 e. The van der Waals surface area contributed by atoms with Gasteiger partial charge in [-0.3, -0.25) is 0 Å². The van der Waals surface area contributed by atoms with E-state index in [4.69, 9.17) is 9.47 Å². The number of hydrogen-bond donors (Lipinski definition) is 0. The summed E-state index contributed by atoms with van der Waals surface area (Å²) in [6.45, 7) is 1.67. The van der Waals surface area contributed by atoms with Gasteiger partial charge in [0, 0.05) is 24.8 Å². The largest absolute Gasteiger partial charge is 0.385 e. The minimum absolute atomic E-state index is 0.201. The number of ether oxygens (including phenoxy) is 2. The first-order valence-electron chi connectivity index (χ1n) is 5.52. The summed E-state index contributed by atoms with van der Waals surface area (Å²) in [4.78, 5) is 0. The number of rotatable bonds is 6. The molecule has 1 saturated carbocycles. The normalized spacial score (nSPS) is 21.0. The van der Waals surface area contributed by atoms with Crippen LogP contribution < -0.4 is 0 Å². The highest BCUT2D eigenvalue weighted by molar-refractivity contribution is 14.1. The Kier molecular flexibility index (Phi) is 6.37. The van der Waals surface area contributed by atoms with Crippen molar-refractivity contribution in [3.05, 3.63) is 0 Å². The number of methoxy groups -OCH3 is 1. The van der Waals surface area contributed by atoms with Gasteiger partial charge in [-0.25, -0.2) is 0 Å². The minimum atomic E-state index is 0.201. The average Bonchev–Trinajstić information content (AvgIpc) is 2.26. The molecule has 0 saturated heterocycles. The van der Waals surface area contributed by atoms with Gasteiger partial charge >= 0.3 is 0 Å². The van der Waals surface area contributed by atoms with Crippen LogP contribution in [0.2, 0.25) is 0 Å². The number of hydrogen-bond acceptors (Lipinski definition) is 2. The zero-order valence-corrected chi connectivity index (χ0v) is 11.2. The van der Waals surface area contributed by atoms with Crippen LogP contribution in [-0.2, 0) is 9.47 Å². The number of halogens is 1. The van der Waals surface area contributed by atoms with Gasteiger partial charge in [-0.1, -0.05) is 41.9 Å². The van der Waals surface area contributed by atoms with Crippen LogP contribution in [0.3, 0.4) is 0 Å². The molecule has 0 amide bonds. The van der Waals surface area contributed by atoms with Gasteiger partial charge in [0.2, 0.25) is 0 Å².